The van der Waals surface area contributed by atoms with Crippen molar-refractivity contribution in [1.82, 2.24) is 0 Å². The lowest BCUT2D eigenvalue weighted by atomic mass is 9.94. The minimum atomic E-state index is -0.951. The molecule has 0 N–H and O–H groups in total. The number of aryl methyl sites for hydroxylation is 1. The first kappa shape index (κ1) is 18.0. The van der Waals surface area contributed by atoms with Crippen LogP contribution >= 0.6 is 0 Å². The molecule has 1 aliphatic rings. The number of para-hydroxylation sites is 1. The summed E-state index contributed by atoms with van der Waals surface area (Å²) in [5.41, 5.74) is 4.59. The lowest BCUT2D eigenvalue weighted by Gasteiger charge is -2.30. The number of anilines is 1. The Hall–Kier alpha value is -2.82. The quantitative estimate of drug-likeness (QED) is 0.609. The van der Waals surface area contributed by atoms with Gasteiger partial charge in [0.15, 0.2) is 5.92 Å². The molecule has 0 radical (unpaired) electrons. The van der Waals surface area contributed by atoms with Crippen molar-refractivity contribution < 1.29 is 19.1 Å². The van der Waals surface area contributed by atoms with Crippen molar-refractivity contribution in [3.8, 4) is 0 Å². The topological polar surface area (TPSA) is 55.8 Å². The summed E-state index contributed by atoms with van der Waals surface area (Å²) in [6.07, 6.45) is 0.310. The molecule has 0 aliphatic carbocycles. The second kappa shape index (κ2) is 7.60. The minimum absolute atomic E-state index is 0.101. The highest BCUT2D eigenvalue weighted by molar-refractivity contribution is 5.95. The van der Waals surface area contributed by atoms with Crippen molar-refractivity contribution in [3.63, 3.8) is 0 Å². The summed E-state index contributed by atoms with van der Waals surface area (Å²) >= 11 is 0. The van der Waals surface area contributed by atoms with Gasteiger partial charge in [-0.25, -0.2) is 0 Å². The summed E-state index contributed by atoms with van der Waals surface area (Å²) in [5, 5.41) is 0. The summed E-state index contributed by atoms with van der Waals surface area (Å²) in [6.45, 7) is 2.80. The van der Waals surface area contributed by atoms with Crippen LogP contribution in [0.1, 0.15) is 29.2 Å². The molecule has 1 atom stereocenters. The van der Waals surface area contributed by atoms with Gasteiger partial charge in [-0.1, -0.05) is 42.5 Å². The number of benzene rings is 2. The summed E-state index contributed by atoms with van der Waals surface area (Å²) in [4.78, 5) is 26.6. The fourth-order valence-corrected chi connectivity index (χ4v) is 3.65. The molecule has 1 unspecified atom stereocenters. The number of carbonyl (C=O) groups excluding carboxylic acids is 2. The van der Waals surface area contributed by atoms with Gasteiger partial charge in [0.05, 0.1) is 20.3 Å². The molecule has 136 valence electrons. The Morgan fingerprint density at radius 3 is 2.31 bits per heavy atom. The molecule has 0 bridgehead atoms. The predicted molar refractivity (Wildman–Crippen MR) is 98.7 cm³/mol. The molecule has 5 heteroatoms. The molecule has 0 fully saturated rings. The number of nitrogens with zero attached hydrogens (tertiary/aromatic N) is 1. The van der Waals surface area contributed by atoms with E-state index < -0.39 is 17.9 Å². The van der Waals surface area contributed by atoms with Gasteiger partial charge in [0.2, 0.25) is 0 Å². The number of fused-ring (bicyclic) bond motifs is 1. The van der Waals surface area contributed by atoms with Crippen molar-refractivity contribution in [3.05, 3.63) is 65.2 Å². The average molecular weight is 353 g/mol. The van der Waals surface area contributed by atoms with Crippen LogP contribution in [-0.4, -0.2) is 26.2 Å². The number of carbonyl (C=O) groups is 2. The third-order valence-corrected chi connectivity index (χ3v) is 4.99. The first-order valence-corrected chi connectivity index (χ1v) is 8.62. The number of methoxy groups -OCH3 is 2. The molecule has 3 rings (SSSR count). The molecule has 0 amide bonds. The van der Waals surface area contributed by atoms with Crippen LogP contribution in [0.4, 0.5) is 5.69 Å². The Morgan fingerprint density at radius 2 is 1.65 bits per heavy atom. The molecule has 26 heavy (non-hydrogen) atoms. The van der Waals surface area contributed by atoms with Crippen LogP contribution in [-0.2, 0) is 25.6 Å². The molecule has 2 aromatic rings. The maximum atomic E-state index is 12.2. The van der Waals surface area contributed by atoms with E-state index in [1.165, 1.54) is 19.8 Å². The van der Waals surface area contributed by atoms with Gasteiger partial charge in [-0.3, -0.25) is 9.59 Å². The van der Waals surface area contributed by atoms with Crippen LogP contribution in [0.5, 0.6) is 0 Å². The number of hydrogen-bond donors (Lipinski definition) is 0. The van der Waals surface area contributed by atoms with Crippen molar-refractivity contribution in [2.24, 2.45) is 5.92 Å². The SMILES string of the molecule is COC(=O)C(CC1c2ccccc2CN1c1ccccc1C)C(=O)OC. The van der Waals surface area contributed by atoms with E-state index in [1.807, 2.05) is 24.3 Å². The smallest absolute Gasteiger partial charge is 0.320 e. The lowest BCUT2D eigenvalue weighted by molar-refractivity contribution is -0.159. The minimum Gasteiger partial charge on any atom is -0.468 e. The maximum Gasteiger partial charge on any atom is 0.320 e. The normalized spacial score (nSPS) is 15.7. The van der Waals surface area contributed by atoms with Crippen LogP contribution in [0.15, 0.2) is 48.5 Å². The monoisotopic (exact) mass is 353 g/mol. The number of hydrogen-bond acceptors (Lipinski definition) is 5. The van der Waals surface area contributed by atoms with Crippen molar-refractivity contribution in [2.45, 2.75) is 25.9 Å². The Balaban J connectivity index is 2.00. The molecule has 0 spiro atoms. The van der Waals surface area contributed by atoms with Crippen molar-refractivity contribution in [1.29, 1.82) is 0 Å². The Kier molecular flexibility index (Phi) is 5.26. The zero-order chi connectivity index (χ0) is 18.7. The fourth-order valence-electron chi connectivity index (χ4n) is 3.65. The van der Waals surface area contributed by atoms with E-state index in [9.17, 15) is 9.59 Å². The van der Waals surface area contributed by atoms with E-state index in [2.05, 4.69) is 36.1 Å². The second-order valence-corrected chi connectivity index (χ2v) is 6.46. The number of ether oxygens (including phenoxy) is 2. The summed E-state index contributed by atoms with van der Waals surface area (Å²) < 4.78 is 9.68. The van der Waals surface area contributed by atoms with Gasteiger partial charge >= 0.3 is 11.9 Å². The Labute approximate surface area is 153 Å². The zero-order valence-corrected chi connectivity index (χ0v) is 15.3. The zero-order valence-electron chi connectivity index (χ0n) is 15.3. The van der Waals surface area contributed by atoms with Gasteiger partial charge in [0.25, 0.3) is 0 Å². The van der Waals surface area contributed by atoms with Gasteiger partial charge in [0, 0.05) is 12.2 Å². The molecule has 0 aromatic heterocycles. The lowest BCUT2D eigenvalue weighted by Crippen LogP contribution is -2.32. The highest BCUT2D eigenvalue weighted by atomic mass is 16.5. The van der Waals surface area contributed by atoms with E-state index in [-0.39, 0.29) is 6.04 Å². The van der Waals surface area contributed by atoms with Gasteiger partial charge in [-0.2, -0.15) is 0 Å². The van der Waals surface area contributed by atoms with E-state index >= 15 is 0 Å². The van der Waals surface area contributed by atoms with E-state index in [0.29, 0.717) is 6.42 Å². The molecule has 1 heterocycles. The molecule has 0 saturated carbocycles. The summed E-state index contributed by atoms with van der Waals surface area (Å²) in [7, 11) is 2.58. The predicted octanol–water partition coefficient (Wildman–Crippen LogP) is 3.41. The van der Waals surface area contributed by atoms with Crippen LogP contribution < -0.4 is 4.90 Å². The average Bonchev–Trinajstić information content (AvgIpc) is 3.03. The highest BCUT2D eigenvalue weighted by Gasteiger charge is 2.38. The van der Waals surface area contributed by atoms with Gasteiger partial charge in [0.1, 0.15) is 0 Å². The Bertz CT molecular complexity index is 801. The number of esters is 2. The van der Waals surface area contributed by atoms with E-state index in [4.69, 9.17) is 9.47 Å². The summed E-state index contributed by atoms with van der Waals surface area (Å²) in [6, 6.07) is 16.2. The fraction of sp³-hybridized carbons (Fsp3) is 0.333. The molecular formula is C21H23NO4. The summed E-state index contributed by atoms with van der Waals surface area (Å²) in [5.74, 6) is -2.08. The molecule has 1 aliphatic heterocycles. The Morgan fingerprint density at radius 1 is 1.04 bits per heavy atom. The standard InChI is InChI=1S/C21H23NO4/c1-14-8-4-7-11-18(14)22-13-15-9-5-6-10-16(15)19(22)12-17(20(23)25-2)21(24)26-3/h4-11,17,19H,12-13H2,1-3H3. The van der Waals surface area contributed by atoms with Gasteiger partial charge < -0.3 is 14.4 Å². The van der Waals surface area contributed by atoms with Crippen LogP contribution in [0.25, 0.3) is 0 Å². The third kappa shape index (κ3) is 3.29. The van der Waals surface area contributed by atoms with Crippen molar-refractivity contribution >= 4 is 17.6 Å². The van der Waals surface area contributed by atoms with Crippen molar-refractivity contribution in [2.75, 3.05) is 19.1 Å². The van der Waals surface area contributed by atoms with Crippen LogP contribution in [0.3, 0.4) is 0 Å². The third-order valence-electron chi connectivity index (χ3n) is 4.99. The largest absolute Gasteiger partial charge is 0.468 e. The van der Waals surface area contributed by atoms with E-state index in [1.54, 1.807) is 0 Å². The molecule has 5 nitrogen and oxygen atoms in total. The molecular weight excluding hydrogens is 330 g/mol. The maximum absolute atomic E-state index is 12.2. The highest BCUT2D eigenvalue weighted by Crippen LogP contribution is 2.42. The number of rotatable bonds is 5. The second-order valence-electron chi connectivity index (χ2n) is 6.46. The van der Waals surface area contributed by atoms with E-state index in [0.717, 1.165) is 23.4 Å². The van der Waals surface area contributed by atoms with Crippen LogP contribution in [0, 0.1) is 12.8 Å². The first-order valence-electron chi connectivity index (χ1n) is 8.62. The van der Waals surface area contributed by atoms with Crippen LogP contribution in [0.2, 0.25) is 0 Å². The van der Waals surface area contributed by atoms with Gasteiger partial charge in [-0.15, -0.1) is 0 Å². The molecule has 2 aromatic carbocycles. The van der Waals surface area contributed by atoms with Gasteiger partial charge in [-0.05, 0) is 36.1 Å². The first-order chi connectivity index (χ1) is 12.6. The molecule has 0 saturated heterocycles.